The number of hydrogen-bond donors (Lipinski definition) is 0. The lowest BCUT2D eigenvalue weighted by Crippen LogP contribution is -2.14. The SMILES string of the molecule is COc1ccc2c(C(C)(C)C)nc(-c3csc(OC)n3)cc2c1. The van der Waals surface area contributed by atoms with Crippen LogP contribution < -0.4 is 9.47 Å². The highest BCUT2D eigenvalue weighted by atomic mass is 32.1. The first-order valence-corrected chi connectivity index (χ1v) is 8.29. The number of aromatic nitrogens is 2. The molecular weight excluding hydrogens is 308 g/mol. The fourth-order valence-corrected chi connectivity index (χ4v) is 3.17. The standard InChI is InChI=1S/C18H20N2O2S/c1-18(2,3)16-13-7-6-12(21-4)8-11(13)9-14(19-16)15-10-23-17(20-15)22-5/h6-10H,1-5H3. The van der Waals surface area contributed by atoms with E-state index in [-0.39, 0.29) is 5.41 Å². The maximum atomic E-state index is 5.36. The van der Waals surface area contributed by atoms with Crippen molar-refractivity contribution in [2.75, 3.05) is 14.2 Å². The van der Waals surface area contributed by atoms with E-state index in [4.69, 9.17) is 14.5 Å². The molecule has 3 aromatic rings. The zero-order valence-corrected chi connectivity index (χ0v) is 14.8. The minimum absolute atomic E-state index is 0.0665. The Labute approximate surface area is 140 Å². The molecule has 0 bridgehead atoms. The van der Waals surface area contributed by atoms with E-state index in [1.807, 2.05) is 17.5 Å². The predicted molar refractivity (Wildman–Crippen MR) is 94.7 cm³/mol. The lowest BCUT2D eigenvalue weighted by atomic mass is 9.88. The average molecular weight is 328 g/mol. The largest absolute Gasteiger partial charge is 0.497 e. The average Bonchev–Trinajstić information content (AvgIpc) is 3.01. The molecule has 4 nitrogen and oxygen atoms in total. The molecular formula is C18H20N2O2S. The first-order chi connectivity index (χ1) is 10.9. The number of nitrogens with zero attached hydrogens (tertiary/aromatic N) is 2. The van der Waals surface area contributed by atoms with Crippen LogP contribution in [-0.2, 0) is 5.41 Å². The van der Waals surface area contributed by atoms with Crippen molar-refractivity contribution >= 4 is 22.1 Å². The van der Waals surface area contributed by atoms with Gasteiger partial charge in [0.1, 0.15) is 11.4 Å². The molecule has 0 amide bonds. The summed E-state index contributed by atoms with van der Waals surface area (Å²) >= 11 is 1.47. The van der Waals surface area contributed by atoms with Crippen LogP contribution in [0.4, 0.5) is 0 Å². The Morgan fingerprint density at radius 3 is 2.35 bits per heavy atom. The van der Waals surface area contributed by atoms with E-state index < -0.39 is 0 Å². The van der Waals surface area contributed by atoms with Crippen molar-refractivity contribution in [3.8, 4) is 22.3 Å². The monoisotopic (exact) mass is 328 g/mol. The first-order valence-electron chi connectivity index (χ1n) is 7.41. The Hall–Kier alpha value is -2.14. The van der Waals surface area contributed by atoms with Gasteiger partial charge in [0.05, 0.1) is 25.6 Å². The molecule has 0 N–H and O–H groups in total. The zero-order chi connectivity index (χ0) is 16.6. The normalized spacial score (nSPS) is 11.7. The summed E-state index contributed by atoms with van der Waals surface area (Å²) in [6.07, 6.45) is 0. The van der Waals surface area contributed by atoms with Gasteiger partial charge in [-0.05, 0) is 29.7 Å². The van der Waals surface area contributed by atoms with Crippen molar-refractivity contribution in [2.24, 2.45) is 0 Å². The van der Waals surface area contributed by atoms with Gasteiger partial charge in [-0.2, -0.15) is 0 Å². The number of pyridine rings is 1. The Morgan fingerprint density at radius 2 is 1.74 bits per heavy atom. The van der Waals surface area contributed by atoms with Gasteiger partial charge in [0.2, 0.25) is 0 Å². The summed E-state index contributed by atoms with van der Waals surface area (Å²) < 4.78 is 10.6. The van der Waals surface area contributed by atoms with Crippen LogP contribution in [0.5, 0.6) is 10.9 Å². The van der Waals surface area contributed by atoms with E-state index in [0.717, 1.165) is 33.6 Å². The summed E-state index contributed by atoms with van der Waals surface area (Å²) in [6, 6.07) is 8.15. The van der Waals surface area contributed by atoms with Crippen LogP contribution in [0.25, 0.3) is 22.2 Å². The van der Waals surface area contributed by atoms with Gasteiger partial charge in [-0.25, -0.2) is 9.97 Å². The molecule has 120 valence electrons. The molecule has 0 aliphatic heterocycles. The molecule has 0 saturated heterocycles. The summed E-state index contributed by atoms with van der Waals surface area (Å²) in [6.45, 7) is 6.51. The maximum absolute atomic E-state index is 5.36. The number of methoxy groups -OCH3 is 2. The Kier molecular flexibility index (Phi) is 3.98. The minimum Gasteiger partial charge on any atom is -0.497 e. The van der Waals surface area contributed by atoms with Crippen LogP contribution in [0.3, 0.4) is 0 Å². The number of hydrogen-bond acceptors (Lipinski definition) is 5. The lowest BCUT2D eigenvalue weighted by molar-refractivity contribution is 0.412. The molecule has 2 aromatic heterocycles. The van der Waals surface area contributed by atoms with E-state index in [9.17, 15) is 0 Å². The first kappa shape index (κ1) is 15.7. The summed E-state index contributed by atoms with van der Waals surface area (Å²) in [5.41, 5.74) is 2.68. The highest BCUT2D eigenvalue weighted by Gasteiger charge is 2.21. The van der Waals surface area contributed by atoms with Crippen molar-refractivity contribution in [3.63, 3.8) is 0 Å². The van der Waals surface area contributed by atoms with Crippen molar-refractivity contribution in [2.45, 2.75) is 26.2 Å². The smallest absolute Gasteiger partial charge is 0.273 e. The minimum atomic E-state index is -0.0665. The molecule has 0 aliphatic rings. The molecule has 1 aromatic carbocycles. The van der Waals surface area contributed by atoms with Crippen LogP contribution in [0, 0.1) is 0 Å². The molecule has 0 aliphatic carbocycles. The molecule has 5 heteroatoms. The molecule has 23 heavy (non-hydrogen) atoms. The van der Waals surface area contributed by atoms with Gasteiger partial charge >= 0.3 is 0 Å². The second kappa shape index (κ2) is 5.81. The van der Waals surface area contributed by atoms with E-state index in [1.54, 1.807) is 14.2 Å². The van der Waals surface area contributed by atoms with Crippen LogP contribution >= 0.6 is 11.3 Å². The summed E-state index contributed by atoms with van der Waals surface area (Å²) in [7, 11) is 3.31. The third-order valence-corrected chi connectivity index (χ3v) is 4.47. The third kappa shape index (κ3) is 3.01. The quantitative estimate of drug-likeness (QED) is 0.700. The number of fused-ring (bicyclic) bond motifs is 1. The number of rotatable bonds is 3. The van der Waals surface area contributed by atoms with E-state index in [1.165, 1.54) is 11.3 Å². The van der Waals surface area contributed by atoms with Crippen molar-refractivity contribution < 1.29 is 9.47 Å². The van der Waals surface area contributed by atoms with Crippen LogP contribution in [-0.4, -0.2) is 24.2 Å². The Morgan fingerprint density at radius 1 is 0.957 bits per heavy atom. The van der Waals surface area contributed by atoms with E-state index in [0.29, 0.717) is 5.19 Å². The fraction of sp³-hybridized carbons (Fsp3) is 0.333. The lowest BCUT2D eigenvalue weighted by Gasteiger charge is -2.21. The summed E-state index contributed by atoms with van der Waals surface area (Å²) in [4.78, 5) is 9.37. The van der Waals surface area contributed by atoms with Crippen molar-refractivity contribution in [1.82, 2.24) is 9.97 Å². The maximum Gasteiger partial charge on any atom is 0.273 e. The molecule has 0 spiro atoms. The van der Waals surface area contributed by atoms with Crippen LogP contribution in [0.2, 0.25) is 0 Å². The summed E-state index contributed by atoms with van der Waals surface area (Å²) in [5.74, 6) is 0.838. The van der Waals surface area contributed by atoms with Gasteiger partial charge in [-0.3, -0.25) is 0 Å². The van der Waals surface area contributed by atoms with Crippen molar-refractivity contribution in [3.05, 3.63) is 35.3 Å². The van der Waals surface area contributed by atoms with Crippen molar-refractivity contribution in [1.29, 1.82) is 0 Å². The van der Waals surface area contributed by atoms with Gasteiger partial charge in [-0.15, -0.1) is 0 Å². The van der Waals surface area contributed by atoms with Crippen LogP contribution in [0.1, 0.15) is 26.5 Å². The second-order valence-electron chi connectivity index (χ2n) is 6.40. The highest BCUT2D eigenvalue weighted by molar-refractivity contribution is 7.11. The van der Waals surface area contributed by atoms with E-state index >= 15 is 0 Å². The third-order valence-electron chi connectivity index (χ3n) is 3.67. The molecule has 0 unspecified atom stereocenters. The van der Waals surface area contributed by atoms with Gasteiger partial charge in [0.25, 0.3) is 5.19 Å². The van der Waals surface area contributed by atoms with Crippen LogP contribution in [0.15, 0.2) is 29.6 Å². The summed E-state index contributed by atoms with van der Waals surface area (Å²) in [5, 5.41) is 4.86. The molecule has 3 rings (SSSR count). The van der Waals surface area contributed by atoms with Gasteiger partial charge < -0.3 is 9.47 Å². The molecule has 0 radical (unpaired) electrons. The zero-order valence-electron chi connectivity index (χ0n) is 14.0. The van der Waals surface area contributed by atoms with Gasteiger partial charge in [0.15, 0.2) is 0 Å². The molecule has 0 saturated carbocycles. The molecule has 0 atom stereocenters. The fourth-order valence-electron chi connectivity index (χ4n) is 2.53. The number of benzene rings is 1. The number of ether oxygens (including phenoxy) is 2. The van der Waals surface area contributed by atoms with Gasteiger partial charge in [-0.1, -0.05) is 32.1 Å². The Bertz CT molecular complexity index is 850. The molecule has 2 heterocycles. The second-order valence-corrected chi connectivity index (χ2v) is 7.22. The molecule has 0 fully saturated rings. The highest BCUT2D eigenvalue weighted by Crippen LogP contribution is 2.34. The predicted octanol–water partition coefficient (Wildman–Crippen LogP) is 4.67. The Balaban J connectivity index is 2.26. The van der Waals surface area contributed by atoms with Gasteiger partial charge in [0, 0.05) is 16.2 Å². The number of thiazole rings is 1. The topological polar surface area (TPSA) is 44.2 Å². The van der Waals surface area contributed by atoms with E-state index in [2.05, 4.69) is 37.9 Å².